The number of hydrogen-bond acceptors (Lipinski definition) is 2. The molecule has 0 aromatic rings. The molecule has 0 saturated heterocycles. The Labute approximate surface area is 93.0 Å². The van der Waals surface area contributed by atoms with Gasteiger partial charge < -0.3 is 11.1 Å². The highest BCUT2D eigenvalue weighted by Crippen LogP contribution is 2.47. The average Bonchev–Trinajstić information content (AvgIpc) is 2.85. The zero-order valence-electron chi connectivity index (χ0n) is 9.62. The van der Waals surface area contributed by atoms with Gasteiger partial charge in [0, 0.05) is 6.04 Å². The van der Waals surface area contributed by atoms with Crippen LogP contribution in [-0.4, -0.2) is 19.1 Å². The van der Waals surface area contributed by atoms with Crippen molar-refractivity contribution in [2.24, 2.45) is 29.4 Å². The van der Waals surface area contributed by atoms with Gasteiger partial charge in [-0.05, 0) is 62.4 Å². The van der Waals surface area contributed by atoms with E-state index in [1.807, 2.05) is 0 Å². The monoisotopic (exact) mass is 208 g/mol. The topological polar surface area (TPSA) is 38.0 Å². The maximum atomic E-state index is 6.28. The Hall–Kier alpha value is -0.0800. The highest BCUT2D eigenvalue weighted by Gasteiger charge is 2.45. The van der Waals surface area contributed by atoms with E-state index in [-0.39, 0.29) is 0 Å². The zero-order chi connectivity index (χ0) is 10.3. The molecular weight excluding hydrogens is 184 g/mol. The highest BCUT2D eigenvalue weighted by molar-refractivity contribution is 4.99. The van der Waals surface area contributed by atoms with Crippen LogP contribution < -0.4 is 11.1 Å². The van der Waals surface area contributed by atoms with Crippen molar-refractivity contribution in [1.82, 2.24) is 5.32 Å². The molecule has 2 heteroatoms. The van der Waals surface area contributed by atoms with Gasteiger partial charge in [0.25, 0.3) is 0 Å². The lowest BCUT2D eigenvalue weighted by atomic mass is 9.85. The lowest BCUT2D eigenvalue weighted by molar-refractivity contribution is 0.278. The van der Waals surface area contributed by atoms with E-state index < -0.39 is 0 Å². The fraction of sp³-hybridized carbons (Fsp3) is 1.00. The van der Waals surface area contributed by atoms with Crippen molar-refractivity contribution in [1.29, 1.82) is 0 Å². The van der Waals surface area contributed by atoms with Crippen molar-refractivity contribution in [3.63, 3.8) is 0 Å². The average molecular weight is 208 g/mol. The first kappa shape index (κ1) is 10.1. The number of hydrogen-bond donors (Lipinski definition) is 2. The van der Waals surface area contributed by atoms with E-state index in [0.29, 0.717) is 6.04 Å². The summed E-state index contributed by atoms with van der Waals surface area (Å²) in [5, 5.41) is 3.63. The maximum Gasteiger partial charge on any atom is 0.0110 e. The number of fused-ring (bicyclic) bond motifs is 2. The Kier molecular flexibility index (Phi) is 2.73. The van der Waals surface area contributed by atoms with Crippen LogP contribution in [0, 0.1) is 23.7 Å². The molecule has 0 aromatic heterocycles. The van der Waals surface area contributed by atoms with Crippen LogP contribution in [0.2, 0.25) is 0 Å². The second-order valence-corrected chi connectivity index (χ2v) is 6.01. The van der Waals surface area contributed by atoms with Gasteiger partial charge in [-0.3, -0.25) is 0 Å². The molecule has 0 spiro atoms. The number of rotatable bonds is 5. The van der Waals surface area contributed by atoms with Crippen molar-refractivity contribution in [2.45, 2.75) is 44.6 Å². The van der Waals surface area contributed by atoms with Gasteiger partial charge in [-0.1, -0.05) is 12.8 Å². The SMILES string of the molecule is NC1C2CCC(C2)C1CNCCC1CC1. The molecule has 3 saturated carbocycles. The fourth-order valence-corrected chi connectivity index (χ4v) is 3.74. The van der Waals surface area contributed by atoms with Gasteiger partial charge in [0.1, 0.15) is 0 Å². The minimum atomic E-state index is 0.511. The summed E-state index contributed by atoms with van der Waals surface area (Å²) in [4.78, 5) is 0. The van der Waals surface area contributed by atoms with Crippen LogP contribution in [0.3, 0.4) is 0 Å². The summed E-state index contributed by atoms with van der Waals surface area (Å²) in [6.45, 7) is 2.42. The third-order valence-corrected chi connectivity index (χ3v) is 4.96. The lowest BCUT2D eigenvalue weighted by Crippen LogP contribution is -2.41. The van der Waals surface area contributed by atoms with Crippen molar-refractivity contribution in [3.8, 4) is 0 Å². The molecule has 0 heterocycles. The molecule has 3 aliphatic rings. The first-order valence-corrected chi connectivity index (χ1v) is 6.81. The van der Waals surface area contributed by atoms with Gasteiger partial charge in [0.15, 0.2) is 0 Å². The van der Waals surface area contributed by atoms with E-state index in [0.717, 1.165) is 23.7 Å². The maximum absolute atomic E-state index is 6.28. The molecule has 3 fully saturated rings. The van der Waals surface area contributed by atoms with E-state index in [1.165, 1.54) is 51.6 Å². The van der Waals surface area contributed by atoms with Crippen LogP contribution in [0.15, 0.2) is 0 Å². The third kappa shape index (κ3) is 2.07. The normalized spacial score (nSPS) is 43.8. The molecule has 15 heavy (non-hydrogen) atoms. The predicted octanol–water partition coefficient (Wildman–Crippen LogP) is 1.75. The summed E-state index contributed by atoms with van der Waals surface area (Å²) in [6, 6.07) is 0.511. The largest absolute Gasteiger partial charge is 0.327 e. The first-order chi connectivity index (χ1) is 7.34. The molecule has 4 unspecified atom stereocenters. The van der Waals surface area contributed by atoms with Gasteiger partial charge in [0.2, 0.25) is 0 Å². The van der Waals surface area contributed by atoms with Gasteiger partial charge in [-0.25, -0.2) is 0 Å². The summed E-state index contributed by atoms with van der Waals surface area (Å²) in [5.74, 6) is 3.68. The molecule has 86 valence electrons. The number of nitrogens with one attached hydrogen (secondary N) is 1. The Bertz CT molecular complexity index is 223. The van der Waals surface area contributed by atoms with E-state index in [2.05, 4.69) is 5.32 Å². The van der Waals surface area contributed by atoms with E-state index in [9.17, 15) is 0 Å². The molecule has 3 aliphatic carbocycles. The minimum absolute atomic E-state index is 0.511. The summed E-state index contributed by atoms with van der Waals surface area (Å²) in [6.07, 6.45) is 8.65. The third-order valence-electron chi connectivity index (χ3n) is 4.96. The minimum Gasteiger partial charge on any atom is -0.327 e. The summed E-state index contributed by atoms with van der Waals surface area (Å²) in [5.41, 5.74) is 6.28. The second kappa shape index (κ2) is 4.06. The Morgan fingerprint density at radius 3 is 2.53 bits per heavy atom. The van der Waals surface area contributed by atoms with Gasteiger partial charge in [-0.15, -0.1) is 0 Å². The molecule has 0 radical (unpaired) electrons. The quantitative estimate of drug-likeness (QED) is 0.676. The zero-order valence-corrected chi connectivity index (χ0v) is 9.62. The summed E-state index contributed by atoms with van der Waals surface area (Å²) in [7, 11) is 0. The lowest BCUT2D eigenvalue weighted by Gasteiger charge is -2.28. The van der Waals surface area contributed by atoms with E-state index >= 15 is 0 Å². The highest BCUT2D eigenvalue weighted by atomic mass is 14.9. The molecule has 0 aromatic carbocycles. The Morgan fingerprint density at radius 2 is 1.87 bits per heavy atom. The summed E-state index contributed by atoms with van der Waals surface area (Å²) < 4.78 is 0. The van der Waals surface area contributed by atoms with Crippen molar-refractivity contribution in [3.05, 3.63) is 0 Å². The molecular formula is C13H24N2. The van der Waals surface area contributed by atoms with E-state index in [1.54, 1.807) is 0 Å². The van der Waals surface area contributed by atoms with E-state index in [4.69, 9.17) is 5.73 Å². The molecule has 4 atom stereocenters. The van der Waals surface area contributed by atoms with Gasteiger partial charge >= 0.3 is 0 Å². The van der Waals surface area contributed by atoms with Gasteiger partial charge in [0.05, 0.1) is 0 Å². The Morgan fingerprint density at radius 1 is 1.07 bits per heavy atom. The van der Waals surface area contributed by atoms with Gasteiger partial charge in [-0.2, -0.15) is 0 Å². The van der Waals surface area contributed by atoms with Crippen LogP contribution in [-0.2, 0) is 0 Å². The molecule has 0 amide bonds. The molecule has 3 rings (SSSR count). The smallest absolute Gasteiger partial charge is 0.0110 e. The number of nitrogens with two attached hydrogens (primary N) is 1. The fourth-order valence-electron chi connectivity index (χ4n) is 3.74. The molecule has 0 aliphatic heterocycles. The van der Waals surface area contributed by atoms with Crippen LogP contribution in [0.1, 0.15) is 38.5 Å². The van der Waals surface area contributed by atoms with Crippen molar-refractivity contribution < 1.29 is 0 Å². The second-order valence-electron chi connectivity index (χ2n) is 6.01. The first-order valence-electron chi connectivity index (χ1n) is 6.81. The van der Waals surface area contributed by atoms with Crippen molar-refractivity contribution >= 4 is 0 Å². The van der Waals surface area contributed by atoms with Crippen molar-refractivity contribution in [2.75, 3.05) is 13.1 Å². The van der Waals surface area contributed by atoms with Crippen LogP contribution in [0.25, 0.3) is 0 Å². The van der Waals surface area contributed by atoms with Crippen LogP contribution in [0.4, 0.5) is 0 Å². The van der Waals surface area contributed by atoms with Crippen LogP contribution >= 0.6 is 0 Å². The summed E-state index contributed by atoms with van der Waals surface area (Å²) >= 11 is 0. The Balaban J connectivity index is 1.39. The van der Waals surface area contributed by atoms with Crippen LogP contribution in [0.5, 0.6) is 0 Å². The standard InChI is InChI=1S/C13H24N2/c14-13-11-4-3-10(7-11)12(13)8-15-6-5-9-1-2-9/h9-13,15H,1-8,14H2. The molecule has 2 nitrogen and oxygen atoms in total. The molecule has 2 bridgehead atoms. The predicted molar refractivity (Wildman–Crippen MR) is 62.5 cm³/mol. The molecule has 3 N–H and O–H groups in total.